The van der Waals surface area contributed by atoms with Crippen molar-refractivity contribution in [2.24, 2.45) is 0 Å². The van der Waals surface area contributed by atoms with Crippen molar-refractivity contribution in [3.63, 3.8) is 0 Å². The molecule has 0 saturated carbocycles. The van der Waals surface area contributed by atoms with Crippen LogP contribution in [0.1, 0.15) is 21.5 Å². The number of hydrogen-bond acceptors (Lipinski definition) is 5. The molecule has 6 nitrogen and oxygen atoms in total. The van der Waals surface area contributed by atoms with Gasteiger partial charge in [-0.05, 0) is 18.2 Å². The van der Waals surface area contributed by atoms with Crippen LogP contribution in [0.3, 0.4) is 0 Å². The van der Waals surface area contributed by atoms with Crippen molar-refractivity contribution in [1.29, 1.82) is 0 Å². The van der Waals surface area contributed by atoms with Crippen LogP contribution in [0.2, 0.25) is 0 Å². The van der Waals surface area contributed by atoms with Gasteiger partial charge in [0.05, 0.1) is 16.1 Å². The molecule has 2 rings (SSSR count). The summed E-state index contributed by atoms with van der Waals surface area (Å²) in [6, 6.07) is 7.91. The molecule has 2 aromatic rings. The van der Waals surface area contributed by atoms with Gasteiger partial charge in [-0.2, -0.15) is 13.2 Å². The number of nitrogen functional groups attached to an aromatic ring is 1. The van der Waals surface area contributed by atoms with E-state index in [0.29, 0.717) is 0 Å². The molecule has 0 spiro atoms. The third-order valence-corrected chi connectivity index (χ3v) is 3.14. The second kappa shape index (κ2) is 6.57. The first-order valence-corrected chi connectivity index (χ1v) is 6.56. The van der Waals surface area contributed by atoms with Gasteiger partial charge < -0.3 is 10.5 Å². The molecule has 0 amide bonds. The molecule has 0 radical (unpaired) electrons. The number of carbonyl (C=O) groups is 1. The van der Waals surface area contributed by atoms with Crippen molar-refractivity contribution in [3.05, 3.63) is 69.3 Å². The summed E-state index contributed by atoms with van der Waals surface area (Å²) in [6.07, 6.45) is -4.58. The normalized spacial score (nSPS) is 11.1. The smallest absolute Gasteiger partial charge is 0.416 e. The van der Waals surface area contributed by atoms with Crippen molar-refractivity contribution >= 4 is 17.3 Å². The molecule has 9 heteroatoms. The van der Waals surface area contributed by atoms with Gasteiger partial charge in [0, 0.05) is 11.6 Å². The Kier molecular flexibility index (Phi) is 4.72. The summed E-state index contributed by atoms with van der Waals surface area (Å²) < 4.78 is 43.4. The van der Waals surface area contributed by atoms with E-state index in [2.05, 4.69) is 0 Å². The predicted molar refractivity (Wildman–Crippen MR) is 78.1 cm³/mol. The van der Waals surface area contributed by atoms with Crippen molar-refractivity contribution < 1.29 is 27.6 Å². The SMILES string of the molecule is Nc1ccc(C(=O)OCc2ccccc2C(F)(F)F)cc1[N+](=O)[O-]. The quantitative estimate of drug-likeness (QED) is 0.397. The summed E-state index contributed by atoms with van der Waals surface area (Å²) >= 11 is 0. The van der Waals surface area contributed by atoms with E-state index in [1.807, 2.05) is 0 Å². The monoisotopic (exact) mass is 340 g/mol. The zero-order valence-corrected chi connectivity index (χ0v) is 12.0. The van der Waals surface area contributed by atoms with Crippen LogP contribution in [0.4, 0.5) is 24.5 Å². The van der Waals surface area contributed by atoms with Gasteiger partial charge >= 0.3 is 12.1 Å². The topological polar surface area (TPSA) is 95.5 Å². The molecule has 2 N–H and O–H groups in total. The minimum Gasteiger partial charge on any atom is -0.457 e. The van der Waals surface area contributed by atoms with E-state index in [1.165, 1.54) is 24.3 Å². The van der Waals surface area contributed by atoms with Gasteiger partial charge in [0.15, 0.2) is 0 Å². The Morgan fingerprint density at radius 2 is 1.88 bits per heavy atom. The molecule has 0 atom stereocenters. The van der Waals surface area contributed by atoms with Crippen molar-refractivity contribution in [3.8, 4) is 0 Å². The van der Waals surface area contributed by atoms with Gasteiger partial charge in [-0.3, -0.25) is 10.1 Å². The highest BCUT2D eigenvalue weighted by atomic mass is 19.4. The average Bonchev–Trinajstić information content (AvgIpc) is 2.52. The van der Waals surface area contributed by atoms with E-state index < -0.39 is 34.9 Å². The maximum atomic E-state index is 12.9. The first-order chi connectivity index (χ1) is 11.2. The van der Waals surface area contributed by atoms with Crippen molar-refractivity contribution in [2.75, 3.05) is 5.73 Å². The number of halogens is 3. The Morgan fingerprint density at radius 1 is 1.21 bits per heavy atom. The number of nitro benzene ring substituents is 1. The lowest BCUT2D eigenvalue weighted by Crippen LogP contribution is -2.12. The average molecular weight is 340 g/mol. The number of nitro groups is 1. The largest absolute Gasteiger partial charge is 0.457 e. The Bertz CT molecular complexity index is 791. The first kappa shape index (κ1) is 17.3. The lowest BCUT2D eigenvalue weighted by molar-refractivity contribution is -0.383. The minimum atomic E-state index is -4.58. The van der Waals surface area contributed by atoms with Crippen LogP contribution in [0.5, 0.6) is 0 Å². The minimum absolute atomic E-state index is 0.140. The number of benzene rings is 2. The number of alkyl halides is 3. The molecule has 24 heavy (non-hydrogen) atoms. The second-order valence-electron chi connectivity index (χ2n) is 4.76. The lowest BCUT2D eigenvalue weighted by Gasteiger charge is -2.12. The summed E-state index contributed by atoms with van der Waals surface area (Å²) in [5.74, 6) is -0.991. The summed E-state index contributed by atoms with van der Waals surface area (Å²) in [7, 11) is 0. The highest BCUT2D eigenvalue weighted by molar-refractivity contribution is 5.91. The zero-order valence-electron chi connectivity index (χ0n) is 12.0. The van der Waals surface area contributed by atoms with Crippen LogP contribution < -0.4 is 5.73 Å². The molecular weight excluding hydrogens is 329 g/mol. The summed E-state index contributed by atoms with van der Waals surface area (Å²) in [6.45, 7) is -0.618. The fraction of sp³-hybridized carbons (Fsp3) is 0.133. The summed E-state index contributed by atoms with van der Waals surface area (Å²) in [5.41, 5.74) is 3.46. The summed E-state index contributed by atoms with van der Waals surface area (Å²) in [4.78, 5) is 21.9. The van der Waals surface area contributed by atoms with E-state index in [9.17, 15) is 28.1 Å². The number of carbonyl (C=O) groups excluding carboxylic acids is 1. The molecule has 0 saturated heterocycles. The third kappa shape index (κ3) is 3.80. The number of anilines is 1. The number of hydrogen-bond donors (Lipinski definition) is 1. The van der Waals surface area contributed by atoms with E-state index in [4.69, 9.17) is 10.5 Å². The fourth-order valence-corrected chi connectivity index (χ4v) is 1.98. The van der Waals surface area contributed by atoms with Crippen LogP contribution >= 0.6 is 0 Å². The molecular formula is C15H11F3N2O4. The van der Waals surface area contributed by atoms with Crippen molar-refractivity contribution in [2.45, 2.75) is 12.8 Å². The van der Waals surface area contributed by atoms with Crippen LogP contribution in [0.25, 0.3) is 0 Å². The van der Waals surface area contributed by atoms with Crippen LogP contribution in [-0.4, -0.2) is 10.9 Å². The molecule has 0 fully saturated rings. The number of nitrogens with zero attached hydrogens (tertiary/aromatic N) is 1. The van der Waals surface area contributed by atoms with E-state index in [1.54, 1.807) is 0 Å². The molecule has 0 aliphatic heterocycles. The fourth-order valence-electron chi connectivity index (χ4n) is 1.98. The Hall–Kier alpha value is -3.10. The number of esters is 1. The number of rotatable bonds is 4. The van der Waals surface area contributed by atoms with E-state index in [0.717, 1.165) is 18.2 Å². The predicted octanol–water partition coefficient (Wildman–Crippen LogP) is 3.55. The molecule has 0 bridgehead atoms. The molecule has 0 aliphatic carbocycles. The maximum Gasteiger partial charge on any atom is 0.416 e. The maximum absolute atomic E-state index is 12.9. The molecule has 2 aromatic carbocycles. The first-order valence-electron chi connectivity index (χ1n) is 6.56. The zero-order chi connectivity index (χ0) is 17.9. The van der Waals surface area contributed by atoms with E-state index in [-0.39, 0.29) is 16.8 Å². The third-order valence-electron chi connectivity index (χ3n) is 3.14. The Balaban J connectivity index is 2.18. The Morgan fingerprint density at radius 3 is 2.50 bits per heavy atom. The molecule has 0 aromatic heterocycles. The van der Waals surface area contributed by atoms with Gasteiger partial charge in [-0.25, -0.2) is 4.79 Å². The number of ether oxygens (including phenoxy) is 1. The highest BCUT2D eigenvalue weighted by Gasteiger charge is 2.33. The van der Waals surface area contributed by atoms with Gasteiger partial charge in [0.1, 0.15) is 12.3 Å². The summed E-state index contributed by atoms with van der Waals surface area (Å²) in [5, 5.41) is 10.8. The molecule has 0 aliphatic rings. The lowest BCUT2D eigenvalue weighted by atomic mass is 10.1. The van der Waals surface area contributed by atoms with E-state index >= 15 is 0 Å². The Labute approximate surface area is 133 Å². The second-order valence-corrected chi connectivity index (χ2v) is 4.76. The van der Waals surface area contributed by atoms with Gasteiger partial charge in [0.25, 0.3) is 5.69 Å². The van der Waals surface area contributed by atoms with Gasteiger partial charge in [-0.1, -0.05) is 18.2 Å². The van der Waals surface area contributed by atoms with Gasteiger partial charge in [0.2, 0.25) is 0 Å². The van der Waals surface area contributed by atoms with Crippen LogP contribution in [-0.2, 0) is 17.5 Å². The molecule has 126 valence electrons. The van der Waals surface area contributed by atoms with Crippen LogP contribution in [0, 0.1) is 10.1 Å². The van der Waals surface area contributed by atoms with Crippen LogP contribution in [0.15, 0.2) is 42.5 Å². The standard InChI is InChI=1S/C15H11F3N2O4/c16-15(17,18)11-4-2-1-3-10(11)8-24-14(21)9-5-6-12(19)13(7-9)20(22)23/h1-7H,8,19H2. The van der Waals surface area contributed by atoms with Gasteiger partial charge in [-0.15, -0.1) is 0 Å². The number of nitrogens with two attached hydrogens (primary N) is 1. The van der Waals surface area contributed by atoms with Crippen molar-refractivity contribution in [1.82, 2.24) is 0 Å². The molecule has 0 heterocycles. The molecule has 0 unspecified atom stereocenters. The highest BCUT2D eigenvalue weighted by Crippen LogP contribution is 2.32.